The Morgan fingerprint density at radius 1 is 0.852 bits per heavy atom. The van der Waals surface area contributed by atoms with Crippen molar-refractivity contribution in [2.24, 2.45) is 0 Å². The van der Waals surface area contributed by atoms with E-state index in [1.807, 2.05) is 18.5 Å². The molecule has 4 heteroatoms. The van der Waals surface area contributed by atoms with Crippen molar-refractivity contribution in [1.29, 1.82) is 0 Å². The number of halogens is 1. The van der Waals surface area contributed by atoms with Crippen LogP contribution in [-0.4, -0.2) is 16.6 Å². The topological polar surface area (TPSA) is 35.0 Å². The molecule has 0 bridgehead atoms. The molecule has 1 aromatic heterocycles. The average molecular weight is 373 g/mol. The molecule has 2 aromatic rings. The van der Waals surface area contributed by atoms with Crippen LogP contribution >= 0.6 is 0 Å². The molecule has 0 amide bonds. The molecule has 0 atom stereocenters. The highest BCUT2D eigenvalue weighted by Gasteiger charge is 2.08. The molecule has 2 rings (SSSR count). The van der Waals surface area contributed by atoms with Crippen molar-refractivity contribution in [1.82, 2.24) is 9.97 Å². The molecule has 1 heterocycles. The van der Waals surface area contributed by atoms with Crippen LogP contribution in [-0.2, 0) is 6.42 Å². The molecule has 0 spiro atoms. The fraction of sp³-hybridized carbons (Fsp3) is 0.565. The Morgan fingerprint density at radius 2 is 1.52 bits per heavy atom. The molecule has 0 aliphatic rings. The molecule has 0 radical (unpaired) electrons. The SMILES string of the molecule is CCCCCCCOc1ccc(-c2ncc(CCCCCC)cn2)cc1F. The zero-order valence-electron chi connectivity index (χ0n) is 16.8. The van der Waals surface area contributed by atoms with Gasteiger partial charge in [0.05, 0.1) is 6.61 Å². The number of benzene rings is 1. The Morgan fingerprint density at radius 3 is 2.19 bits per heavy atom. The molecule has 0 saturated heterocycles. The van der Waals surface area contributed by atoms with Gasteiger partial charge in [0.1, 0.15) is 0 Å². The molecule has 0 unspecified atom stereocenters. The normalized spacial score (nSPS) is 10.9. The second-order valence-corrected chi connectivity index (χ2v) is 7.13. The number of nitrogens with zero attached hydrogens (tertiary/aromatic N) is 2. The smallest absolute Gasteiger partial charge is 0.165 e. The van der Waals surface area contributed by atoms with E-state index in [0.29, 0.717) is 23.7 Å². The Bertz CT molecular complexity index is 658. The third-order valence-corrected chi connectivity index (χ3v) is 4.72. The minimum Gasteiger partial charge on any atom is -0.491 e. The molecule has 3 nitrogen and oxygen atoms in total. The van der Waals surface area contributed by atoms with Gasteiger partial charge in [0.2, 0.25) is 0 Å². The number of ether oxygens (including phenoxy) is 1. The highest BCUT2D eigenvalue weighted by molar-refractivity contribution is 5.56. The van der Waals surface area contributed by atoms with Crippen LogP contribution < -0.4 is 4.74 Å². The van der Waals surface area contributed by atoms with E-state index >= 15 is 0 Å². The average Bonchev–Trinajstić information content (AvgIpc) is 2.69. The maximum atomic E-state index is 14.3. The van der Waals surface area contributed by atoms with Crippen molar-refractivity contribution in [3.63, 3.8) is 0 Å². The molecule has 27 heavy (non-hydrogen) atoms. The van der Waals surface area contributed by atoms with Crippen LogP contribution in [0.25, 0.3) is 11.4 Å². The molecule has 0 saturated carbocycles. The van der Waals surface area contributed by atoms with Gasteiger partial charge in [-0.1, -0.05) is 58.8 Å². The van der Waals surface area contributed by atoms with Crippen LogP contribution in [0.4, 0.5) is 4.39 Å². The Kier molecular flexibility index (Phi) is 9.81. The van der Waals surface area contributed by atoms with E-state index in [0.717, 1.165) is 31.2 Å². The predicted octanol–water partition coefficient (Wildman–Crippen LogP) is 6.75. The lowest BCUT2D eigenvalue weighted by atomic mass is 10.1. The fourth-order valence-electron chi connectivity index (χ4n) is 3.03. The van der Waals surface area contributed by atoms with Crippen LogP contribution in [0.1, 0.15) is 77.2 Å². The zero-order valence-corrected chi connectivity index (χ0v) is 16.8. The van der Waals surface area contributed by atoms with Crippen molar-refractivity contribution in [2.75, 3.05) is 6.61 Å². The molecular weight excluding hydrogens is 339 g/mol. The van der Waals surface area contributed by atoms with E-state index in [-0.39, 0.29) is 5.82 Å². The quantitative estimate of drug-likeness (QED) is 0.365. The molecule has 0 N–H and O–H groups in total. The lowest BCUT2D eigenvalue weighted by molar-refractivity contribution is 0.290. The van der Waals surface area contributed by atoms with E-state index in [4.69, 9.17) is 4.74 Å². The summed E-state index contributed by atoms with van der Waals surface area (Å²) in [5.74, 6) is 0.507. The van der Waals surface area contributed by atoms with Crippen LogP contribution in [0.15, 0.2) is 30.6 Å². The molecule has 0 aliphatic carbocycles. The van der Waals surface area contributed by atoms with Crippen LogP contribution in [0.3, 0.4) is 0 Å². The lowest BCUT2D eigenvalue weighted by Gasteiger charge is -2.09. The van der Waals surface area contributed by atoms with Crippen molar-refractivity contribution >= 4 is 0 Å². The Labute approximate surface area is 163 Å². The van der Waals surface area contributed by atoms with E-state index in [9.17, 15) is 4.39 Å². The zero-order chi connectivity index (χ0) is 19.3. The van der Waals surface area contributed by atoms with Crippen molar-refractivity contribution in [3.8, 4) is 17.1 Å². The van der Waals surface area contributed by atoms with Crippen molar-refractivity contribution < 1.29 is 9.13 Å². The monoisotopic (exact) mass is 372 g/mol. The van der Waals surface area contributed by atoms with Gasteiger partial charge in [-0.3, -0.25) is 0 Å². The summed E-state index contributed by atoms with van der Waals surface area (Å²) in [5.41, 5.74) is 1.82. The number of aromatic nitrogens is 2. The number of hydrogen-bond acceptors (Lipinski definition) is 3. The molecule has 0 aliphatic heterocycles. The maximum Gasteiger partial charge on any atom is 0.165 e. The maximum absolute atomic E-state index is 14.3. The summed E-state index contributed by atoms with van der Waals surface area (Å²) in [4.78, 5) is 8.81. The largest absolute Gasteiger partial charge is 0.491 e. The highest BCUT2D eigenvalue weighted by Crippen LogP contribution is 2.24. The van der Waals surface area contributed by atoms with Gasteiger partial charge in [-0.05, 0) is 43.0 Å². The van der Waals surface area contributed by atoms with Gasteiger partial charge in [-0.25, -0.2) is 14.4 Å². The number of hydrogen-bond donors (Lipinski definition) is 0. The second kappa shape index (κ2) is 12.4. The van der Waals surface area contributed by atoms with E-state index < -0.39 is 0 Å². The minimum atomic E-state index is -0.353. The molecule has 148 valence electrons. The van der Waals surface area contributed by atoms with Gasteiger partial charge in [0.25, 0.3) is 0 Å². The number of unbranched alkanes of at least 4 members (excludes halogenated alkanes) is 7. The third-order valence-electron chi connectivity index (χ3n) is 4.72. The first-order chi connectivity index (χ1) is 13.2. The van der Waals surface area contributed by atoms with E-state index in [1.165, 1.54) is 44.6 Å². The number of rotatable bonds is 13. The van der Waals surface area contributed by atoms with Gasteiger partial charge in [-0.15, -0.1) is 0 Å². The van der Waals surface area contributed by atoms with Gasteiger partial charge >= 0.3 is 0 Å². The van der Waals surface area contributed by atoms with Gasteiger partial charge in [0, 0.05) is 18.0 Å². The van der Waals surface area contributed by atoms with Gasteiger partial charge < -0.3 is 4.74 Å². The van der Waals surface area contributed by atoms with Crippen LogP contribution in [0, 0.1) is 5.82 Å². The summed E-state index contributed by atoms with van der Waals surface area (Å²) < 4.78 is 19.9. The third kappa shape index (κ3) is 7.66. The number of aryl methyl sites for hydroxylation is 1. The first kappa shape index (κ1) is 21.3. The Hall–Kier alpha value is -1.97. The fourth-order valence-corrected chi connectivity index (χ4v) is 3.03. The van der Waals surface area contributed by atoms with Crippen LogP contribution in [0.5, 0.6) is 5.75 Å². The highest BCUT2D eigenvalue weighted by atomic mass is 19.1. The summed E-state index contributed by atoms with van der Waals surface area (Å²) in [6.07, 6.45) is 15.4. The molecular formula is C23H33FN2O. The van der Waals surface area contributed by atoms with E-state index in [2.05, 4.69) is 23.8 Å². The first-order valence-corrected chi connectivity index (χ1v) is 10.5. The summed E-state index contributed by atoms with van der Waals surface area (Å²) >= 11 is 0. The van der Waals surface area contributed by atoms with Crippen LogP contribution in [0.2, 0.25) is 0 Å². The van der Waals surface area contributed by atoms with Crippen molar-refractivity contribution in [3.05, 3.63) is 42.0 Å². The minimum absolute atomic E-state index is 0.307. The second-order valence-electron chi connectivity index (χ2n) is 7.13. The summed E-state index contributed by atoms with van der Waals surface area (Å²) in [7, 11) is 0. The van der Waals surface area contributed by atoms with E-state index in [1.54, 1.807) is 6.07 Å². The Balaban J connectivity index is 1.85. The van der Waals surface area contributed by atoms with Crippen molar-refractivity contribution in [2.45, 2.75) is 78.1 Å². The summed E-state index contributed by atoms with van der Waals surface area (Å²) in [5, 5.41) is 0. The molecule has 0 fully saturated rings. The standard InChI is InChI=1S/C23H33FN2O/c1-3-5-7-9-11-15-27-22-14-13-20(16-21(22)24)23-25-17-19(18-26-23)12-10-8-6-4-2/h13-14,16-18H,3-12,15H2,1-2H3. The predicted molar refractivity (Wildman–Crippen MR) is 110 cm³/mol. The lowest BCUT2D eigenvalue weighted by Crippen LogP contribution is -2.00. The van der Waals surface area contributed by atoms with Gasteiger partial charge in [0.15, 0.2) is 17.4 Å². The molecule has 1 aromatic carbocycles. The summed E-state index contributed by atoms with van der Waals surface area (Å²) in [6, 6.07) is 4.97. The van der Waals surface area contributed by atoms with Gasteiger partial charge in [-0.2, -0.15) is 0 Å². The first-order valence-electron chi connectivity index (χ1n) is 10.5. The summed E-state index contributed by atoms with van der Waals surface area (Å²) in [6.45, 7) is 4.96.